The second kappa shape index (κ2) is 5.81. The van der Waals surface area contributed by atoms with Gasteiger partial charge in [0, 0.05) is 28.6 Å². The molecule has 19 heavy (non-hydrogen) atoms. The van der Waals surface area contributed by atoms with Crippen molar-refractivity contribution in [1.82, 2.24) is 4.90 Å². The van der Waals surface area contributed by atoms with E-state index in [2.05, 4.69) is 27.8 Å². The fraction of sp³-hybridized carbons (Fsp3) is 0.500. The van der Waals surface area contributed by atoms with Gasteiger partial charge in [0.1, 0.15) is 0 Å². The Labute approximate surface area is 126 Å². The summed E-state index contributed by atoms with van der Waals surface area (Å²) in [5, 5.41) is 9.74. The van der Waals surface area contributed by atoms with Gasteiger partial charge in [0.25, 0.3) is 0 Å². The number of benzene rings is 1. The second-order valence-electron chi connectivity index (χ2n) is 5.18. The smallest absolute Gasteiger partial charge is 0.306 e. The molecule has 1 aromatic rings. The Morgan fingerprint density at radius 2 is 2.11 bits per heavy atom. The molecule has 3 nitrogen and oxygen atoms in total. The molecule has 1 aromatic carbocycles. The van der Waals surface area contributed by atoms with E-state index in [4.69, 9.17) is 16.7 Å². The minimum Gasteiger partial charge on any atom is -0.481 e. The highest BCUT2D eigenvalue weighted by atomic mass is 79.9. The number of aliphatic carboxylic acids is 1. The van der Waals surface area contributed by atoms with Crippen molar-refractivity contribution in [2.75, 3.05) is 13.1 Å². The van der Waals surface area contributed by atoms with Crippen LogP contribution in [0.4, 0.5) is 0 Å². The number of halogens is 2. The van der Waals surface area contributed by atoms with Gasteiger partial charge in [-0.15, -0.1) is 0 Å². The molecule has 1 saturated heterocycles. The van der Waals surface area contributed by atoms with Crippen LogP contribution >= 0.6 is 27.5 Å². The molecule has 1 heterocycles. The Morgan fingerprint density at radius 1 is 1.47 bits per heavy atom. The maximum Gasteiger partial charge on any atom is 0.306 e. The second-order valence-corrected chi connectivity index (χ2v) is 6.51. The van der Waals surface area contributed by atoms with Gasteiger partial charge < -0.3 is 5.11 Å². The van der Waals surface area contributed by atoms with E-state index < -0.39 is 5.97 Å². The van der Waals surface area contributed by atoms with Crippen molar-refractivity contribution >= 4 is 33.5 Å². The third-order valence-electron chi connectivity index (χ3n) is 3.99. The SMILES string of the molecule is CC(C(=O)O)C1CN(C(C)c2ccc(Br)cc2Cl)C1. The summed E-state index contributed by atoms with van der Waals surface area (Å²) in [5.41, 5.74) is 1.09. The zero-order valence-electron chi connectivity index (χ0n) is 10.9. The Bertz CT molecular complexity index is 488. The summed E-state index contributed by atoms with van der Waals surface area (Å²) in [7, 11) is 0. The molecule has 0 aromatic heterocycles. The number of carboxylic acids is 1. The van der Waals surface area contributed by atoms with Crippen LogP contribution in [0.25, 0.3) is 0 Å². The summed E-state index contributed by atoms with van der Waals surface area (Å²) >= 11 is 9.64. The van der Waals surface area contributed by atoms with Crippen LogP contribution < -0.4 is 0 Å². The summed E-state index contributed by atoms with van der Waals surface area (Å²) in [5.74, 6) is -0.739. The molecule has 2 rings (SSSR count). The topological polar surface area (TPSA) is 40.5 Å². The van der Waals surface area contributed by atoms with Crippen LogP contribution in [-0.2, 0) is 4.79 Å². The normalized spacial score (nSPS) is 19.8. The Morgan fingerprint density at radius 3 is 2.63 bits per heavy atom. The first-order valence-corrected chi connectivity index (χ1v) is 7.49. The predicted octanol–water partition coefficient (Wildman–Crippen LogP) is 3.82. The third-order valence-corrected chi connectivity index (χ3v) is 4.82. The fourth-order valence-corrected chi connectivity index (χ4v) is 3.25. The number of hydrogen-bond donors (Lipinski definition) is 1. The quantitative estimate of drug-likeness (QED) is 0.901. The molecule has 0 amide bonds. The van der Waals surface area contributed by atoms with E-state index in [1.54, 1.807) is 6.92 Å². The molecule has 0 spiro atoms. The molecular formula is C14H17BrClNO2. The summed E-state index contributed by atoms with van der Waals surface area (Å²) in [6.07, 6.45) is 0. The highest BCUT2D eigenvalue weighted by Gasteiger charge is 2.37. The molecule has 1 aliphatic heterocycles. The van der Waals surface area contributed by atoms with E-state index in [0.29, 0.717) is 0 Å². The molecule has 1 fully saturated rings. The van der Waals surface area contributed by atoms with E-state index in [9.17, 15) is 4.79 Å². The average Bonchev–Trinajstić information content (AvgIpc) is 2.26. The predicted molar refractivity (Wildman–Crippen MR) is 79.4 cm³/mol. The highest BCUT2D eigenvalue weighted by Crippen LogP contribution is 2.35. The van der Waals surface area contributed by atoms with Crippen LogP contribution in [0.15, 0.2) is 22.7 Å². The molecule has 104 valence electrons. The van der Waals surface area contributed by atoms with E-state index in [1.165, 1.54) is 0 Å². The number of carboxylic acid groups (broad SMARTS) is 1. The van der Waals surface area contributed by atoms with Crippen molar-refractivity contribution in [3.05, 3.63) is 33.3 Å². The molecule has 0 aliphatic carbocycles. The minimum atomic E-state index is -0.709. The molecule has 5 heteroatoms. The lowest BCUT2D eigenvalue weighted by molar-refractivity contribution is -0.146. The maximum absolute atomic E-state index is 10.9. The van der Waals surface area contributed by atoms with E-state index in [0.717, 1.165) is 28.1 Å². The van der Waals surface area contributed by atoms with Crippen molar-refractivity contribution < 1.29 is 9.90 Å². The Hall–Kier alpha value is -0.580. The largest absolute Gasteiger partial charge is 0.481 e. The first-order chi connectivity index (χ1) is 8.90. The lowest BCUT2D eigenvalue weighted by Gasteiger charge is -2.45. The zero-order chi connectivity index (χ0) is 14.2. The Kier molecular flexibility index (Phi) is 4.54. The van der Waals surface area contributed by atoms with Gasteiger partial charge in [0.05, 0.1) is 5.92 Å². The molecule has 0 saturated carbocycles. The van der Waals surface area contributed by atoms with Crippen LogP contribution in [0.1, 0.15) is 25.5 Å². The van der Waals surface area contributed by atoms with Crippen molar-refractivity contribution in [2.45, 2.75) is 19.9 Å². The van der Waals surface area contributed by atoms with Crippen molar-refractivity contribution in [1.29, 1.82) is 0 Å². The molecule has 1 N–H and O–H groups in total. The monoisotopic (exact) mass is 345 g/mol. The van der Waals surface area contributed by atoms with E-state index in [-0.39, 0.29) is 17.9 Å². The van der Waals surface area contributed by atoms with Gasteiger partial charge >= 0.3 is 5.97 Å². The van der Waals surface area contributed by atoms with Gasteiger partial charge in [0.2, 0.25) is 0 Å². The molecule has 2 unspecified atom stereocenters. The van der Waals surface area contributed by atoms with Crippen LogP contribution in [0.2, 0.25) is 5.02 Å². The number of carbonyl (C=O) groups is 1. The maximum atomic E-state index is 10.9. The first kappa shape index (κ1) is 14.8. The van der Waals surface area contributed by atoms with Crippen molar-refractivity contribution in [3.63, 3.8) is 0 Å². The van der Waals surface area contributed by atoms with Crippen molar-refractivity contribution in [3.8, 4) is 0 Å². The average molecular weight is 347 g/mol. The van der Waals surface area contributed by atoms with E-state index in [1.807, 2.05) is 18.2 Å². The molecule has 0 radical (unpaired) electrons. The number of nitrogens with zero attached hydrogens (tertiary/aromatic N) is 1. The lowest BCUT2D eigenvalue weighted by Crippen LogP contribution is -2.51. The summed E-state index contributed by atoms with van der Waals surface area (Å²) < 4.78 is 0.967. The highest BCUT2D eigenvalue weighted by molar-refractivity contribution is 9.10. The lowest BCUT2D eigenvalue weighted by atomic mass is 9.85. The summed E-state index contributed by atoms with van der Waals surface area (Å²) in [6, 6.07) is 6.11. The number of likely N-dealkylation sites (tertiary alicyclic amines) is 1. The first-order valence-electron chi connectivity index (χ1n) is 6.32. The van der Waals surface area contributed by atoms with Gasteiger partial charge in [-0.25, -0.2) is 0 Å². The van der Waals surface area contributed by atoms with E-state index >= 15 is 0 Å². The fourth-order valence-electron chi connectivity index (χ4n) is 2.42. The number of hydrogen-bond acceptors (Lipinski definition) is 2. The summed E-state index contributed by atoms with van der Waals surface area (Å²) in [4.78, 5) is 13.2. The van der Waals surface area contributed by atoms with Crippen LogP contribution in [-0.4, -0.2) is 29.1 Å². The van der Waals surface area contributed by atoms with Crippen LogP contribution in [0.3, 0.4) is 0 Å². The molecule has 0 bridgehead atoms. The molecule has 2 atom stereocenters. The summed E-state index contributed by atoms with van der Waals surface area (Å²) in [6.45, 7) is 5.53. The van der Waals surface area contributed by atoms with Gasteiger partial charge in [-0.3, -0.25) is 9.69 Å². The van der Waals surface area contributed by atoms with Gasteiger partial charge in [-0.05, 0) is 30.5 Å². The van der Waals surface area contributed by atoms with Gasteiger partial charge in [0.15, 0.2) is 0 Å². The van der Waals surface area contributed by atoms with Crippen LogP contribution in [0, 0.1) is 11.8 Å². The molecule has 1 aliphatic rings. The van der Waals surface area contributed by atoms with Gasteiger partial charge in [-0.1, -0.05) is 40.5 Å². The van der Waals surface area contributed by atoms with Crippen LogP contribution in [0.5, 0.6) is 0 Å². The molecular weight excluding hydrogens is 330 g/mol. The Balaban J connectivity index is 2.00. The zero-order valence-corrected chi connectivity index (χ0v) is 13.3. The standard InChI is InChI=1S/C14H17BrClNO2/c1-8(14(18)19)10-6-17(7-10)9(2)12-4-3-11(15)5-13(12)16/h3-5,8-10H,6-7H2,1-2H3,(H,18,19). The van der Waals surface area contributed by atoms with Gasteiger partial charge in [-0.2, -0.15) is 0 Å². The van der Waals surface area contributed by atoms with Crippen molar-refractivity contribution in [2.24, 2.45) is 11.8 Å². The third kappa shape index (κ3) is 3.12. The minimum absolute atomic E-state index is 0.220. The number of rotatable bonds is 4.